The Labute approximate surface area is 126 Å². The molecule has 21 heavy (non-hydrogen) atoms. The van der Waals surface area contributed by atoms with Crippen LogP contribution in [0.15, 0.2) is 17.3 Å². The molecule has 0 spiro atoms. The Balaban J connectivity index is 2.08. The van der Waals surface area contributed by atoms with Gasteiger partial charge in [-0.3, -0.25) is 0 Å². The SMILES string of the molecule is CCNc1ncc(S(=O)(=O)N2CCC(N(C)C)CC2)cn1. The van der Waals surface area contributed by atoms with Gasteiger partial charge in [0.2, 0.25) is 16.0 Å². The van der Waals surface area contributed by atoms with E-state index in [-0.39, 0.29) is 4.90 Å². The van der Waals surface area contributed by atoms with Crippen molar-refractivity contribution in [3.8, 4) is 0 Å². The van der Waals surface area contributed by atoms with Crippen molar-refractivity contribution in [1.82, 2.24) is 19.2 Å². The fourth-order valence-corrected chi connectivity index (χ4v) is 3.81. The van der Waals surface area contributed by atoms with E-state index in [9.17, 15) is 8.42 Å². The van der Waals surface area contributed by atoms with Crippen LogP contribution in [0.5, 0.6) is 0 Å². The summed E-state index contributed by atoms with van der Waals surface area (Å²) in [7, 11) is 0.579. The number of anilines is 1. The molecule has 0 radical (unpaired) electrons. The molecule has 0 saturated carbocycles. The van der Waals surface area contributed by atoms with E-state index in [1.54, 1.807) is 0 Å². The van der Waals surface area contributed by atoms with Gasteiger partial charge < -0.3 is 10.2 Å². The zero-order valence-corrected chi connectivity index (χ0v) is 13.6. The molecule has 1 aromatic heterocycles. The average Bonchev–Trinajstić information content (AvgIpc) is 2.48. The Morgan fingerprint density at radius 1 is 1.29 bits per heavy atom. The van der Waals surface area contributed by atoms with E-state index in [4.69, 9.17) is 0 Å². The topological polar surface area (TPSA) is 78.4 Å². The molecule has 0 unspecified atom stereocenters. The standard InChI is InChI=1S/C13H23N5O2S/c1-4-14-13-15-9-12(10-16-13)21(19,20)18-7-5-11(6-8-18)17(2)3/h9-11H,4-8H2,1-3H3,(H,14,15,16). The highest BCUT2D eigenvalue weighted by Gasteiger charge is 2.30. The van der Waals surface area contributed by atoms with Crippen molar-refractivity contribution >= 4 is 16.0 Å². The summed E-state index contributed by atoms with van der Waals surface area (Å²) in [6.45, 7) is 3.72. The van der Waals surface area contributed by atoms with Crippen molar-refractivity contribution in [1.29, 1.82) is 0 Å². The Bertz CT molecular complexity index is 550. The Morgan fingerprint density at radius 3 is 2.33 bits per heavy atom. The molecule has 0 bridgehead atoms. The summed E-state index contributed by atoms with van der Waals surface area (Å²) in [4.78, 5) is 10.4. The Kier molecular flexibility index (Phi) is 5.13. The molecule has 2 rings (SSSR count). The van der Waals surface area contributed by atoms with E-state index < -0.39 is 10.0 Å². The second-order valence-electron chi connectivity index (χ2n) is 5.37. The number of hydrogen-bond donors (Lipinski definition) is 1. The summed E-state index contributed by atoms with van der Waals surface area (Å²) in [5.74, 6) is 0.447. The summed E-state index contributed by atoms with van der Waals surface area (Å²) in [6, 6.07) is 0.448. The predicted molar refractivity (Wildman–Crippen MR) is 81.7 cm³/mol. The fourth-order valence-electron chi connectivity index (χ4n) is 2.45. The van der Waals surface area contributed by atoms with Gasteiger partial charge in [0.15, 0.2) is 0 Å². The van der Waals surface area contributed by atoms with Crippen LogP contribution in [0.3, 0.4) is 0 Å². The third-order valence-corrected chi connectivity index (χ3v) is 5.61. The van der Waals surface area contributed by atoms with Crippen LogP contribution in [0.25, 0.3) is 0 Å². The van der Waals surface area contributed by atoms with Gasteiger partial charge in [0.25, 0.3) is 0 Å². The normalized spacial score (nSPS) is 18.1. The van der Waals surface area contributed by atoms with Gasteiger partial charge in [-0.1, -0.05) is 0 Å². The predicted octanol–water partition coefficient (Wildman–Crippen LogP) is 0.623. The minimum Gasteiger partial charge on any atom is -0.355 e. The summed E-state index contributed by atoms with van der Waals surface area (Å²) in [5, 5.41) is 2.95. The van der Waals surface area contributed by atoms with Crippen molar-refractivity contribution in [2.24, 2.45) is 0 Å². The van der Waals surface area contributed by atoms with Gasteiger partial charge in [-0.05, 0) is 33.9 Å². The first-order valence-electron chi connectivity index (χ1n) is 7.17. The van der Waals surface area contributed by atoms with Crippen molar-refractivity contribution in [3.63, 3.8) is 0 Å². The third kappa shape index (κ3) is 3.69. The molecule has 1 N–H and O–H groups in total. The summed E-state index contributed by atoms with van der Waals surface area (Å²) < 4.78 is 26.6. The first-order chi connectivity index (χ1) is 9.95. The number of piperidine rings is 1. The summed E-state index contributed by atoms with van der Waals surface area (Å²) in [5.41, 5.74) is 0. The van der Waals surface area contributed by atoms with Crippen LogP contribution in [-0.4, -0.2) is 67.4 Å². The zero-order valence-electron chi connectivity index (χ0n) is 12.8. The molecule has 7 nitrogen and oxygen atoms in total. The average molecular weight is 313 g/mol. The van der Waals surface area contributed by atoms with Crippen LogP contribution in [-0.2, 0) is 10.0 Å². The smallest absolute Gasteiger partial charge is 0.246 e. The highest BCUT2D eigenvalue weighted by atomic mass is 32.2. The van der Waals surface area contributed by atoms with Crippen LogP contribution in [0.2, 0.25) is 0 Å². The Hall–Kier alpha value is -1.25. The van der Waals surface area contributed by atoms with Gasteiger partial charge in [-0.15, -0.1) is 0 Å². The van der Waals surface area contributed by atoms with Crippen molar-refractivity contribution < 1.29 is 8.42 Å². The fraction of sp³-hybridized carbons (Fsp3) is 0.692. The number of rotatable bonds is 5. The number of nitrogens with one attached hydrogen (secondary N) is 1. The molecule has 8 heteroatoms. The van der Waals surface area contributed by atoms with Gasteiger partial charge >= 0.3 is 0 Å². The molecule has 1 aliphatic rings. The molecule has 0 aromatic carbocycles. The van der Waals surface area contributed by atoms with E-state index in [1.165, 1.54) is 16.7 Å². The molecule has 2 heterocycles. The van der Waals surface area contributed by atoms with E-state index in [1.807, 2.05) is 21.0 Å². The molecule has 1 aromatic rings. The molecule has 118 valence electrons. The maximum absolute atomic E-state index is 12.5. The molecule has 1 fully saturated rings. The van der Waals surface area contributed by atoms with E-state index in [0.29, 0.717) is 31.6 Å². The maximum atomic E-state index is 12.5. The van der Waals surface area contributed by atoms with Crippen molar-refractivity contribution in [2.45, 2.75) is 30.7 Å². The van der Waals surface area contributed by atoms with Gasteiger partial charge in [-0.25, -0.2) is 18.4 Å². The number of nitrogens with zero attached hydrogens (tertiary/aromatic N) is 4. The first-order valence-corrected chi connectivity index (χ1v) is 8.61. The summed E-state index contributed by atoms with van der Waals surface area (Å²) in [6.07, 6.45) is 4.45. The number of hydrogen-bond acceptors (Lipinski definition) is 6. The molecule has 1 saturated heterocycles. The molecular weight excluding hydrogens is 290 g/mol. The third-order valence-electron chi connectivity index (χ3n) is 3.75. The quantitative estimate of drug-likeness (QED) is 0.859. The molecular formula is C13H23N5O2S. The van der Waals surface area contributed by atoms with E-state index >= 15 is 0 Å². The summed E-state index contributed by atoms with van der Waals surface area (Å²) >= 11 is 0. The maximum Gasteiger partial charge on any atom is 0.246 e. The van der Waals surface area contributed by atoms with E-state index in [2.05, 4.69) is 20.2 Å². The largest absolute Gasteiger partial charge is 0.355 e. The lowest BCUT2D eigenvalue weighted by atomic mass is 10.1. The first kappa shape index (κ1) is 16.1. The van der Waals surface area contributed by atoms with Crippen LogP contribution >= 0.6 is 0 Å². The zero-order chi connectivity index (χ0) is 15.5. The number of aromatic nitrogens is 2. The molecule has 0 atom stereocenters. The van der Waals surface area contributed by atoms with E-state index in [0.717, 1.165) is 12.8 Å². The minimum absolute atomic E-state index is 0.160. The molecule has 0 aliphatic carbocycles. The van der Waals surface area contributed by atoms with Crippen LogP contribution in [0.1, 0.15) is 19.8 Å². The highest BCUT2D eigenvalue weighted by Crippen LogP contribution is 2.21. The number of sulfonamides is 1. The molecule has 1 aliphatic heterocycles. The monoisotopic (exact) mass is 313 g/mol. The van der Waals surface area contributed by atoms with Crippen molar-refractivity contribution in [3.05, 3.63) is 12.4 Å². The molecule has 0 amide bonds. The Morgan fingerprint density at radius 2 is 1.86 bits per heavy atom. The highest BCUT2D eigenvalue weighted by molar-refractivity contribution is 7.89. The van der Waals surface area contributed by atoms with Gasteiger partial charge in [-0.2, -0.15) is 4.31 Å². The van der Waals surface area contributed by atoms with Crippen LogP contribution < -0.4 is 5.32 Å². The minimum atomic E-state index is -3.48. The van der Waals surface area contributed by atoms with Gasteiger partial charge in [0.05, 0.1) is 12.4 Å². The lowest BCUT2D eigenvalue weighted by molar-refractivity contribution is 0.196. The van der Waals surface area contributed by atoms with Gasteiger partial charge in [0.1, 0.15) is 4.90 Å². The lowest BCUT2D eigenvalue weighted by Gasteiger charge is -2.34. The lowest BCUT2D eigenvalue weighted by Crippen LogP contribution is -2.44. The van der Waals surface area contributed by atoms with Gasteiger partial charge in [0, 0.05) is 25.7 Å². The second kappa shape index (κ2) is 6.67. The van der Waals surface area contributed by atoms with Crippen molar-refractivity contribution in [2.75, 3.05) is 39.0 Å². The van der Waals surface area contributed by atoms with Crippen LogP contribution in [0.4, 0.5) is 5.95 Å². The second-order valence-corrected chi connectivity index (χ2v) is 7.31. The van der Waals surface area contributed by atoms with Crippen LogP contribution in [0, 0.1) is 0 Å².